The zero-order valence-corrected chi connectivity index (χ0v) is 16.9. The Labute approximate surface area is 161 Å². The first-order valence-electron chi connectivity index (χ1n) is 9.73. The number of H-pyrrole nitrogens is 1. The molecule has 1 aromatic rings. The van der Waals surface area contributed by atoms with Crippen LogP contribution in [-0.4, -0.2) is 89.9 Å². The monoisotopic (exact) mass is 398 g/mol. The van der Waals surface area contributed by atoms with Crippen molar-refractivity contribution in [2.75, 3.05) is 39.3 Å². The molecule has 2 N–H and O–H groups in total. The summed E-state index contributed by atoms with van der Waals surface area (Å²) in [6.07, 6.45) is 3.78. The number of sulfonamides is 1. The molecule has 3 rings (SSSR count). The molecule has 0 saturated carbocycles. The Morgan fingerprint density at radius 1 is 1.30 bits per heavy atom. The van der Waals surface area contributed by atoms with Gasteiger partial charge in [0, 0.05) is 51.5 Å². The Hall–Kier alpha value is -1.42. The second-order valence-electron chi connectivity index (χ2n) is 7.52. The predicted octanol–water partition coefficient (Wildman–Crippen LogP) is 0.716. The van der Waals surface area contributed by atoms with Gasteiger partial charge in [0.1, 0.15) is 10.6 Å². The summed E-state index contributed by atoms with van der Waals surface area (Å²) >= 11 is 0. The van der Waals surface area contributed by atoms with Crippen molar-refractivity contribution in [2.45, 2.75) is 50.2 Å². The summed E-state index contributed by atoms with van der Waals surface area (Å²) in [7, 11) is -3.65. The molecular weight excluding hydrogens is 368 g/mol. The summed E-state index contributed by atoms with van der Waals surface area (Å²) in [5.41, 5.74) is 0.329. The van der Waals surface area contributed by atoms with Gasteiger partial charge in [-0.2, -0.15) is 4.31 Å². The number of hydrogen-bond donors (Lipinski definition) is 2. The van der Waals surface area contributed by atoms with Gasteiger partial charge in [0.2, 0.25) is 10.0 Å². The number of piperazine rings is 1. The first kappa shape index (κ1) is 20.3. The Kier molecular flexibility index (Phi) is 6.25. The van der Waals surface area contributed by atoms with Crippen LogP contribution in [0.2, 0.25) is 0 Å². The number of aromatic amines is 1. The molecule has 2 atom stereocenters. The quantitative estimate of drug-likeness (QED) is 0.736. The average Bonchev–Trinajstić information content (AvgIpc) is 3.33. The van der Waals surface area contributed by atoms with Crippen molar-refractivity contribution in [3.05, 3.63) is 18.0 Å². The minimum absolute atomic E-state index is 0.0766. The molecule has 0 aromatic carbocycles. The lowest BCUT2D eigenvalue weighted by Gasteiger charge is -2.40. The summed E-state index contributed by atoms with van der Waals surface area (Å²) in [6.45, 7) is 7.14. The number of nitrogens with one attached hydrogen (secondary N) is 1. The highest BCUT2D eigenvalue weighted by molar-refractivity contribution is 7.89. The van der Waals surface area contributed by atoms with E-state index in [1.165, 1.54) is 16.6 Å². The molecule has 1 amide bonds. The molecule has 0 bridgehead atoms. The molecule has 0 spiro atoms. The molecule has 0 aliphatic carbocycles. The van der Waals surface area contributed by atoms with Crippen LogP contribution in [0.4, 0.5) is 0 Å². The molecular formula is C18H30N4O4S. The summed E-state index contributed by atoms with van der Waals surface area (Å²) in [5, 5.41) is 9.65. The van der Waals surface area contributed by atoms with Crippen molar-refractivity contribution in [1.29, 1.82) is 0 Å². The molecule has 152 valence electrons. The third kappa shape index (κ3) is 4.37. The van der Waals surface area contributed by atoms with Gasteiger partial charge in [-0.1, -0.05) is 6.92 Å². The highest BCUT2D eigenvalue weighted by Crippen LogP contribution is 2.23. The van der Waals surface area contributed by atoms with E-state index >= 15 is 0 Å². The molecule has 1 aromatic heterocycles. The van der Waals surface area contributed by atoms with Crippen molar-refractivity contribution >= 4 is 15.9 Å². The van der Waals surface area contributed by atoms with Crippen LogP contribution in [0.3, 0.4) is 0 Å². The van der Waals surface area contributed by atoms with Gasteiger partial charge < -0.3 is 15.0 Å². The number of aliphatic hydroxyl groups is 1. The number of carbonyl (C=O) groups excluding carboxylic acids is 1. The molecule has 27 heavy (non-hydrogen) atoms. The summed E-state index contributed by atoms with van der Waals surface area (Å²) in [4.78, 5) is 19.4. The average molecular weight is 399 g/mol. The highest BCUT2D eigenvalue weighted by atomic mass is 32.2. The van der Waals surface area contributed by atoms with Gasteiger partial charge >= 0.3 is 0 Å². The fourth-order valence-electron chi connectivity index (χ4n) is 3.94. The van der Waals surface area contributed by atoms with Crippen molar-refractivity contribution in [1.82, 2.24) is 19.1 Å². The lowest BCUT2D eigenvalue weighted by atomic mass is 10.1. The Morgan fingerprint density at radius 2 is 2.00 bits per heavy atom. The molecule has 8 nitrogen and oxygen atoms in total. The Balaban J connectivity index is 1.72. The zero-order valence-electron chi connectivity index (χ0n) is 16.1. The first-order valence-corrected chi connectivity index (χ1v) is 11.2. The van der Waals surface area contributed by atoms with Crippen molar-refractivity contribution in [3.63, 3.8) is 0 Å². The lowest BCUT2D eigenvalue weighted by molar-refractivity contribution is 0.0613. The number of likely N-dealkylation sites (tertiary alicyclic amines) is 1. The van der Waals surface area contributed by atoms with Gasteiger partial charge in [0.25, 0.3) is 5.91 Å². The normalized spacial score (nSPS) is 23.7. The van der Waals surface area contributed by atoms with Crippen LogP contribution >= 0.6 is 0 Å². The van der Waals surface area contributed by atoms with E-state index in [2.05, 4.69) is 9.88 Å². The van der Waals surface area contributed by atoms with Crippen LogP contribution in [0.25, 0.3) is 0 Å². The molecule has 2 aliphatic rings. The van der Waals surface area contributed by atoms with E-state index in [0.717, 1.165) is 32.4 Å². The van der Waals surface area contributed by atoms with Crippen LogP contribution in [-0.2, 0) is 10.0 Å². The van der Waals surface area contributed by atoms with E-state index in [-0.39, 0.29) is 16.8 Å². The third-order valence-corrected chi connectivity index (χ3v) is 7.30. The maximum Gasteiger partial charge on any atom is 0.270 e. The largest absolute Gasteiger partial charge is 0.392 e. The van der Waals surface area contributed by atoms with Gasteiger partial charge in [-0.25, -0.2) is 8.42 Å². The number of amides is 1. The number of carbonyl (C=O) groups is 1. The van der Waals surface area contributed by atoms with Gasteiger partial charge in [0.05, 0.1) is 6.10 Å². The first-order chi connectivity index (χ1) is 12.8. The van der Waals surface area contributed by atoms with E-state index in [0.29, 0.717) is 31.9 Å². The van der Waals surface area contributed by atoms with Gasteiger partial charge in [-0.3, -0.25) is 9.69 Å². The number of aliphatic hydroxyl groups excluding tert-OH is 1. The molecule has 0 unspecified atom stereocenters. The molecule has 0 radical (unpaired) electrons. The van der Waals surface area contributed by atoms with Crippen LogP contribution in [0, 0.1) is 0 Å². The zero-order chi connectivity index (χ0) is 19.6. The number of hydrogen-bond acceptors (Lipinski definition) is 5. The molecule has 2 aliphatic heterocycles. The topological polar surface area (TPSA) is 97.0 Å². The standard InChI is InChI=1S/C18H30N4O4S/c1-3-15-13-22(9-8-21(15)12-14(2)23)27(25,26)16-10-17(19-11-16)18(24)20-6-4-5-7-20/h10-11,14-15,19,23H,3-9,12-13H2,1-2H3/t14-,15-/m1/s1. The molecule has 9 heteroatoms. The molecule has 3 heterocycles. The number of aromatic nitrogens is 1. The number of rotatable bonds is 6. The van der Waals surface area contributed by atoms with Crippen molar-refractivity contribution in [2.24, 2.45) is 0 Å². The Bertz CT molecular complexity index is 755. The fraction of sp³-hybridized carbons (Fsp3) is 0.722. The minimum atomic E-state index is -3.65. The van der Waals surface area contributed by atoms with Crippen molar-refractivity contribution < 1.29 is 18.3 Å². The van der Waals surface area contributed by atoms with E-state index in [1.807, 2.05) is 6.92 Å². The smallest absolute Gasteiger partial charge is 0.270 e. The third-order valence-electron chi connectivity index (χ3n) is 5.46. The summed E-state index contributed by atoms with van der Waals surface area (Å²) in [6, 6.07) is 1.53. The SMILES string of the molecule is CC[C@@H]1CN(S(=O)(=O)c2c[nH]c(C(=O)N3CCCC3)c2)CCN1C[C@@H](C)O. The molecule has 2 fully saturated rings. The summed E-state index contributed by atoms with van der Waals surface area (Å²) in [5.74, 6) is -0.137. The molecule has 2 saturated heterocycles. The second kappa shape index (κ2) is 8.30. The number of β-amino-alcohol motifs (C(OH)–C–C–N with tert-alkyl or cyclic N) is 1. The van der Waals surface area contributed by atoms with Gasteiger partial charge in [-0.05, 0) is 32.3 Å². The van der Waals surface area contributed by atoms with E-state index < -0.39 is 16.1 Å². The van der Waals surface area contributed by atoms with Crippen LogP contribution in [0.1, 0.15) is 43.6 Å². The maximum absolute atomic E-state index is 13.0. The maximum atomic E-state index is 13.0. The predicted molar refractivity (Wildman–Crippen MR) is 102 cm³/mol. The number of nitrogens with zero attached hydrogens (tertiary/aromatic N) is 3. The second-order valence-corrected chi connectivity index (χ2v) is 9.46. The van der Waals surface area contributed by atoms with Gasteiger partial charge in [-0.15, -0.1) is 0 Å². The fourth-order valence-corrected chi connectivity index (χ4v) is 5.40. The van der Waals surface area contributed by atoms with Crippen LogP contribution in [0.15, 0.2) is 17.2 Å². The van der Waals surface area contributed by atoms with Crippen LogP contribution in [0.5, 0.6) is 0 Å². The highest BCUT2D eigenvalue weighted by Gasteiger charge is 2.34. The van der Waals surface area contributed by atoms with Crippen LogP contribution < -0.4 is 0 Å². The lowest BCUT2D eigenvalue weighted by Crippen LogP contribution is -2.55. The summed E-state index contributed by atoms with van der Waals surface area (Å²) < 4.78 is 27.6. The Morgan fingerprint density at radius 3 is 2.63 bits per heavy atom. The van der Waals surface area contributed by atoms with E-state index in [4.69, 9.17) is 0 Å². The van der Waals surface area contributed by atoms with E-state index in [9.17, 15) is 18.3 Å². The minimum Gasteiger partial charge on any atom is -0.392 e. The van der Waals surface area contributed by atoms with Crippen molar-refractivity contribution in [3.8, 4) is 0 Å². The van der Waals surface area contributed by atoms with E-state index in [1.54, 1.807) is 11.8 Å². The van der Waals surface area contributed by atoms with Gasteiger partial charge in [0.15, 0.2) is 0 Å².